The summed E-state index contributed by atoms with van der Waals surface area (Å²) in [6, 6.07) is 0.479. The average Bonchev–Trinajstić information content (AvgIpc) is 3.20. The molecule has 2 aliphatic heterocycles. The highest BCUT2D eigenvalue weighted by atomic mass is 16.5. The van der Waals surface area contributed by atoms with Crippen LogP contribution >= 0.6 is 0 Å². The molecule has 3 fully saturated rings. The van der Waals surface area contributed by atoms with E-state index in [1.165, 1.54) is 12.8 Å². The maximum Gasteiger partial charge on any atom is 0.315 e. The van der Waals surface area contributed by atoms with Crippen molar-refractivity contribution in [2.24, 2.45) is 0 Å². The second-order valence-corrected chi connectivity index (χ2v) is 6.70. The monoisotopic (exact) mass is 309 g/mol. The smallest absolute Gasteiger partial charge is 0.315 e. The Hall–Kier alpha value is -1.30. The number of ether oxygens (including phenoxy) is 1. The van der Waals surface area contributed by atoms with Gasteiger partial charge in [0.1, 0.15) is 6.10 Å². The Bertz CT molecular complexity index is 395. The standard InChI is InChI=1S/C16H27N3O3/c20-15(14-6-3-11-22-14)19-9-7-13(8-10-19)18-16(21)17-12-4-1-2-5-12/h12-14H,1-11H2,(H2,17,18,21). The fourth-order valence-electron chi connectivity index (χ4n) is 3.70. The Kier molecular flexibility index (Phi) is 5.18. The molecule has 0 bridgehead atoms. The molecule has 2 heterocycles. The minimum Gasteiger partial charge on any atom is -0.368 e. The molecular weight excluding hydrogens is 282 g/mol. The number of amides is 3. The van der Waals surface area contributed by atoms with Crippen molar-refractivity contribution in [3.63, 3.8) is 0 Å². The van der Waals surface area contributed by atoms with Crippen LogP contribution in [0.2, 0.25) is 0 Å². The Balaban J connectivity index is 1.37. The van der Waals surface area contributed by atoms with Crippen LogP contribution in [-0.4, -0.2) is 54.7 Å². The highest BCUT2D eigenvalue weighted by Crippen LogP contribution is 2.19. The van der Waals surface area contributed by atoms with Crippen LogP contribution in [0.3, 0.4) is 0 Å². The molecule has 3 rings (SSSR count). The van der Waals surface area contributed by atoms with Crippen molar-refractivity contribution in [1.29, 1.82) is 0 Å². The maximum absolute atomic E-state index is 12.3. The van der Waals surface area contributed by atoms with E-state index in [-0.39, 0.29) is 24.1 Å². The van der Waals surface area contributed by atoms with Gasteiger partial charge in [0.2, 0.25) is 0 Å². The molecule has 0 aromatic heterocycles. The number of likely N-dealkylation sites (tertiary alicyclic amines) is 1. The Morgan fingerprint density at radius 3 is 2.09 bits per heavy atom. The van der Waals surface area contributed by atoms with Crippen molar-refractivity contribution in [2.45, 2.75) is 69.6 Å². The summed E-state index contributed by atoms with van der Waals surface area (Å²) in [7, 11) is 0. The van der Waals surface area contributed by atoms with E-state index in [1.54, 1.807) is 0 Å². The van der Waals surface area contributed by atoms with Gasteiger partial charge in [-0.3, -0.25) is 4.79 Å². The van der Waals surface area contributed by atoms with Crippen LogP contribution in [0.1, 0.15) is 51.4 Å². The normalized spacial score (nSPS) is 27.1. The summed E-state index contributed by atoms with van der Waals surface area (Å²) in [5.41, 5.74) is 0. The second kappa shape index (κ2) is 7.31. The molecule has 3 amide bonds. The molecule has 2 N–H and O–H groups in total. The van der Waals surface area contributed by atoms with Crippen LogP contribution < -0.4 is 10.6 Å². The topological polar surface area (TPSA) is 70.7 Å². The lowest BCUT2D eigenvalue weighted by Crippen LogP contribution is -2.51. The summed E-state index contributed by atoms with van der Waals surface area (Å²) in [4.78, 5) is 26.1. The van der Waals surface area contributed by atoms with Crippen molar-refractivity contribution in [1.82, 2.24) is 15.5 Å². The van der Waals surface area contributed by atoms with Crippen molar-refractivity contribution >= 4 is 11.9 Å². The molecule has 22 heavy (non-hydrogen) atoms. The lowest BCUT2D eigenvalue weighted by Gasteiger charge is -2.33. The number of carbonyl (C=O) groups excluding carboxylic acids is 2. The van der Waals surface area contributed by atoms with Crippen molar-refractivity contribution in [3.05, 3.63) is 0 Å². The number of nitrogens with zero attached hydrogens (tertiary/aromatic N) is 1. The molecule has 3 aliphatic rings. The zero-order chi connectivity index (χ0) is 15.4. The zero-order valence-corrected chi connectivity index (χ0v) is 13.2. The number of carbonyl (C=O) groups is 2. The first kappa shape index (κ1) is 15.6. The average molecular weight is 309 g/mol. The van der Waals surface area contributed by atoms with Gasteiger partial charge in [0.15, 0.2) is 0 Å². The number of hydrogen-bond donors (Lipinski definition) is 2. The van der Waals surface area contributed by atoms with Gasteiger partial charge < -0.3 is 20.3 Å². The fraction of sp³-hybridized carbons (Fsp3) is 0.875. The van der Waals surface area contributed by atoms with E-state index < -0.39 is 0 Å². The van der Waals surface area contributed by atoms with Gasteiger partial charge in [-0.05, 0) is 38.5 Å². The number of urea groups is 1. The quantitative estimate of drug-likeness (QED) is 0.828. The second-order valence-electron chi connectivity index (χ2n) is 6.70. The van der Waals surface area contributed by atoms with Gasteiger partial charge >= 0.3 is 6.03 Å². The van der Waals surface area contributed by atoms with Crippen LogP contribution in [0.5, 0.6) is 0 Å². The molecule has 124 valence electrons. The van der Waals surface area contributed by atoms with Crippen molar-refractivity contribution in [3.8, 4) is 0 Å². The lowest BCUT2D eigenvalue weighted by molar-refractivity contribution is -0.142. The summed E-state index contributed by atoms with van der Waals surface area (Å²) >= 11 is 0. The van der Waals surface area contributed by atoms with E-state index in [2.05, 4.69) is 10.6 Å². The number of rotatable bonds is 3. The van der Waals surface area contributed by atoms with Crippen LogP contribution in [0.4, 0.5) is 4.79 Å². The molecule has 6 nitrogen and oxygen atoms in total. The molecule has 6 heteroatoms. The molecular formula is C16H27N3O3. The van der Waals surface area contributed by atoms with E-state index in [0.717, 1.165) is 38.5 Å². The highest BCUT2D eigenvalue weighted by molar-refractivity contribution is 5.81. The van der Waals surface area contributed by atoms with Gasteiger partial charge in [0.05, 0.1) is 0 Å². The number of nitrogens with one attached hydrogen (secondary N) is 2. The van der Waals surface area contributed by atoms with E-state index >= 15 is 0 Å². The number of piperidine rings is 1. The van der Waals surface area contributed by atoms with Gasteiger partial charge in [-0.15, -0.1) is 0 Å². The molecule has 2 saturated heterocycles. The van der Waals surface area contributed by atoms with Crippen LogP contribution in [-0.2, 0) is 9.53 Å². The van der Waals surface area contributed by atoms with E-state index in [9.17, 15) is 9.59 Å². The lowest BCUT2D eigenvalue weighted by atomic mass is 10.0. The van der Waals surface area contributed by atoms with Gasteiger partial charge in [-0.1, -0.05) is 12.8 Å². The highest BCUT2D eigenvalue weighted by Gasteiger charge is 2.31. The minimum atomic E-state index is -0.227. The molecule has 0 spiro atoms. The fourth-order valence-corrected chi connectivity index (χ4v) is 3.70. The predicted octanol–water partition coefficient (Wildman–Crippen LogP) is 1.40. The van der Waals surface area contributed by atoms with Crippen LogP contribution in [0, 0.1) is 0 Å². The van der Waals surface area contributed by atoms with E-state index in [1.807, 2.05) is 4.90 Å². The van der Waals surface area contributed by atoms with Gasteiger partial charge in [-0.2, -0.15) is 0 Å². The van der Waals surface area contributed by atoms with Gasteiger partial charge in [-0.25, -0.2) is 4.79 Å². The third-order valence-corrected chi connectivity index (χ3v) is 5.04. The Labute approximate surface area is 131 Å². The molecule has 1 saturated carbocycles. The number of hydrogen-bond acceptors (Lipinski definition) is 3. The van der Waals surface area contributed by atoms with Crippen molar-refractivity contribution < 1.29 is 14.3 Å². The summed E-state index contributed by atoms with van der Waals surface area (Å²) in [5.74, 6) is 0.131. The molecule has 1 atom stereocenters. The van der Waals surface area contributed by atoms with Gasteiger partial charge in [0.25, 0.3) is 5.91 Å². The van der Waals surface area contributed by atoms with Crippen LogP contribution in [0.25, 0.3) is 0 Å². The molecule has 1 aliphatic carbocycles. The maximum atomic E-state index is 12.3. The Morgan fingerprint density at radius 1 is 0.864 bits per heavy atom. The minimum absolute atomic E-state index is 0.0456. The summed E-state index contributed by atoms with van der Waals surface area (Å²) in [5, 5.41) is 6.11. The summed E-state index contributed by atoms with van der Waals surface area (Å²) in [6.45, 7) is 2.13. The third-order valence-electron chi connectivity index (χ3n) is 5.04. The first-order valence-corrected chi connectivity index (χ1v) is 8.70. The predicted molar refractivity (Wildman–Crippen MR) is 82.5 cm³/mol. The first-order chi connectivity index (χ1) is 10.7. The van der Waals surface area contributed by atoms with Crippen molar-refractivity contribution in [2.75, 3.05) is 19.7 Å². The molecule has 0 aromatic rings. The summed E-state index contributed by atoms with van der Waals surface area (Å²) in [6.07, 6.45) is 7.89. The van der Waals surface area contributed by atoms with Gasteiger partial charge in [0, 0.05) is 31.8 Å². The first-order valence-electron chi connectivity index (χ1n) is 8.70. The molecule has 1 unspecified atom stereocenters. The third kappa shape index (κ3) is 3.91. The van der Waals surface area contributed by atoms with E-state index in [0.29, 0.717) is 25.7 Å². The largest absolute Gasteiger partial charge is 0.368 e. The zero-order valence-electron chi connectivity index (χ0n) is 13.2. The Morgan fingerprint density at radius 2 is 1.50 bits per heavy atom. The molecule has 0 radical (unpaired) electrons. The van der Waals surface area contributed by atoms with Crippen LogP contribution in [0.15, 0.2) is 0 Å². The SMILES string of the molecule is O=C(NC1CCCC1)NC1CCN(C(=O)C2CCCO2)CC1. The van der Waals surface area contributed by atoms with E-state index in [4.69, 9.17) is 4.74 Å². The molecule has 0 aromatic carbocycles. The summed E-state index contributed by atoms with van der Waals surface area (Å²) < 4.78 is 5.46.